The van der Waals surface area contributed by atoms with Gasteiger partial charge in [-0.05, 0) is 56.3 Å². The molecule has 2 aliphatic rings. The number of nitrogens with zero attached hydrogens (tertiary/aromatic N) is 2. The summed E-state index contributed by atoms with van der Waals surface area (Å²) in [6.07, 6.45) is 0.681. The standard InChI is InChI=1S/C28H36FN3O5Si/c1-17-26(36-2)21-14-18(32-28(35)20-9-5-6-10-22(20)30-32)11-12-23(21)37-27(17)24(38(3,4)29)15-25(34)31-13-7-8-19(31)16-33/h5-6,9-12,14,17,19,24,26-27,30,33H,7-8,13,15-16H2,1-4H3/t17-,19-,24?,26-,27-/m0/s1. The average molecular weight is 542 g/mol. The van der Waals surface area contributed by atoms with Crippen LogP contribution in [0.3, 0.4) is 0 Å². The van der Waals surface area contributed by atoms with E-state index in [-0.39, 0.29) is 36.5 Å². The van der Waals surface area contributed by atoms with Gasteiger partial charge in [0.2, 0.25) is 14.3 Å². The van der Waals surface area contributed by atoms with E-state index in [0.717, 1.165) is 23.9 Å². The van der Waals surface area contributed by atoms with E-state index in [1.54, 1.807) is 43.3 Å². The highest BCUT2D eigenvalue weighted by Crippen LogP contribution is 2.48. The molecule has 0 bridgehead atoms. The Kier molecular flexibility index (Phi) is 7.23. The Bertz CT molecular complexity index is 1380. The average Bonchev–Trinajstić information content (AvgIpc) is 3.51. The number of nitrogens with one attached hydrogen (secondary N) is 1. The predicted octanol–water partition coefficient (Wildman–Crippen LogP) is 4.32. The predicted molar refractivity (Wildman–Crippen MR) is 146 cm³/mol. The smallest absolute Gasteiger partial charge is 0.279 e. The lowest BCUT2D eigenvalue weighted by Gasteiger charge is -2.43. The summed E-state index contributed by atoms with van der Waals surface area (Å²) in [6, 6.07) is 12.6. The molecule has 1 amide bonds. The van der Waals surface area contributed by atoms with E-state index >= 15 is 4.11 Å². The summed E-state index contributed by atoms with van der Waals surface area (Å²) in [4.78, 5) is 28.0. The molecule has 0 saturated carbocycles. The first-order valence-electron chi connectivity index (χ1n) is 13.3. The molecule has 0 spiro atoms. The number of carbonyl (C=O) groups is 1. The number of carbonyl (C=O) groups excluding carboxylic acids is 1. The van der Waals surface area contributed by atoms with Crippen molar-refractivity contribution in [2.75, 3.05) is 20.3 Å². The molecule has 1 fully saturated rings. The fourth-order valence-electron chi connectivity index (χ4n) is 6.15. The number of benzene rings is 2. The molecular formula is C28H36FN3O5Si. The van der Waals surface area contributed by atoms with E-state index in [1.807, 2.05) is 31.2 Å². The fraction of sp³-hybridized carbons (Fsp3) is 0.500. The number of ether oxygens (including phenoxy) is 2. The second-order valence-corrected chi connectivity index (χ2v) is 14.9. The monoisotopic (exact) mass is 541 g/mol. The molecule has 1 saturated heterocycles. The SMILES string of the molecule is CO[C@@H]1c2cc(-n3[nH]c4ccccc4c3=O)ccc2O[C@H](C(CC(=O)N2CCC[C@H]2CO)[Si](C)(C)F)[C@H]1C. The number of aromatic amines is 1. The molecule has 0 radical (unpaired) electrons. The van der Waals surface area contributed by atoms with E-state index in [1.165, 1.54) is 4.68 Å². The fourth-order valence-corrected chi connectivity index (χ4v) is 7.97. The van der Waals surface area contributed by atoms with Gasteiger partial charge in [-0.3, -0.25) is 14.7 Å². The Balaban J connectivity index is 1.47. The third kappa shape index (κ3) is 4.69. The van der Waals surface area contributed by atoms with E-state index in [9.17, 15) is 14.7 Å². The number of likely N-dealkylation sites (tertiary alicyclic amines) is 1. The summed E-state index contributed by atoms with van der Waals surface area (Å²) in [6.45, 7) is 5.72. The summed E-state index contributed by atoms with van der Waals surface area (Å²) >= 11 is 0. The maximum absolute atomic E-state index is 15.8. The second kappa shape index (κ2) is 10.3. The van der Waals surface area contributed by atoms with Crippen LogP contribution in [0.15, 0.2) is 47.3 Å². The highest BCUT2D eigenvalue weighted by Gasteiger charge is 2.49. The van der Waals surface area contributed by atoms with Crippen molar-refractivity contribution in [1.82, 2.24) is 14.7 Å². The zero-order chi connectivity index (χ0) is 27.2. The van der Waals surface area contributed by atoms with Crippen LogP contribution in [0.2, 0.25) is 18.6 Å². The van der Waals surface area contributed by atoms with E-state index in [0.29, 0.717) is 23.4 Å². The topological polar surface area (TPSA) is 96.8 Å². The highest BCUT2D eigenvalue weighted by molar-refractivity contribution is 6.72. The number of aliphatic hydroxyl groups is 1. The van der Waals surface area contributed by atoms with Crippen LogP contribution in [0.1, 0.15) is 37.9 Å². The number of methoxy groups -OCH3 is 1. The zero-order valence-electron chi connectivity index (χ0n) is 22.3. The van der Waals surface area contributed by atoms with Gasteiger partial charge in [0.15, 0.2) is 0 Å². The van der Waals surface area contributed by atoms with Gasteiger partial charge in [-0.25, -0.2) is 4.68 Å². The van der Waals surface area contributed by atoms with Crippen LogP contribution >= 0.6 is 0 Å². The molecule has 1 unspecified atom stereocenters. The molecule has 5 atom stereocenters. The molecule has 2 aliphatic heterocycles. The van der Waals surface area contributed by atoms with Crippen LogP contribution in [0.25, 0.3) is 16.6 Å². The minimum atomic E-state index is -3.36. The molecule has 8 nitrogen and oxygen atoms in total. The summed E-state index contributed by atoms with van der Waals surface area (Å²) < 4.78 is 29.7. The molecule has 2 aromatic carbocycles. The number of H-pyrrole nitrogens is 1. The van der Waals surface area contributed by atoms with Crippen LogP contribution < -0.4 is 10.3 Å². The largest absolute Gasteiger partial charge is 0.490 e. The quantitative estimate of drug-likeness (QED) is 0.343. The normalized spacial score (nSPS) is 24.3. The Hall–Kier alpha value is -2.95. The number of fused-ring (bicyclic) bond motifs is 2. The molecule has 3 aromatic rings. The van der Waals surface area contributed by atoms with Crippen molar-refractivity contribution in [3.8, 4) is 11.4 Å². The van der Waals surface area contributed by atoms with Crippen molar-refractivity contribution in [3.63, 3.8) is 0 Å². The maximum atomic E-state index is 15.8. The van der Waals surface area contributed by atoms with Crippen molar-refractivity contribution in [2.24, 2.45) is 5.92 Å². The lowest BCUT2D eigenvalue weighted by atomic mass is 9.86. The van der Waals surface area contributed by atoms with E-state index in [4.69, 9.17) is 9.47 Å². The summed E-state index contributed by atoms with van der Waals surface area (Å²) in [5, 5.41) is 13.4. The molecule has 204 valence electrons. The van der Waals surface area contributed by atoms with Crippen molar-refractivity contribution in [3.05, 3.63) is 58.4 Å². The number of amides is 1. The number of halogens is 1. The number of rotatable bonds is 7. The van der Waals surface area contributed by atoms with Gasteiger partial charge in [-0.15, -0.1) is 0 Å². The van der Waals surface area contributed by atoms with Crippen molar-refractivity contribution in [1.29, 1.82) is 0 Å². The second-order valence-electron chi connectivity index (χ2n) is 11.1. The lowest BCUT2D eigenvalue weighted by Crippen LogP contribution is -2.48. The number of hydrogen-bond acceptors (Lipinski definition) is 5. The number of hydrogen-bond donors (Lipinski definition) is 2. The van der Waals surface area contributed by atoms with Gasteiger partial charge in [-0.2, -0.15) is 0 Å². The third-order valence-electron chi connectivity index (χ3n) is 8.24. The highest BCUT2D eigenvalue weighted by atomic mass is 28.4. The van der Waals surface area contributed by atoms with Gasteiger partial charge < -0.3 is 23.6 Å². The van der Waals surface area contributed by atoms with E-state index < -0.39 is 26.2 Å². The van der Waals surface area contributed by atoms with Crippen LogP contribution in [0, 0.1) is 5.92 Å². The maximum Gasteiger partial charge on any atom is 0.279 e. The Morgan fingerprint density at radius 3 is 2.74 bits per heavy atom. The first-order chi connectivity index (χ1) is 18.1. The molecular weight excluding hydrogens is 505 g/mol. The van der Waals surface area contributed by atoms with E-state index in [2.05, 4.69) is 5.10 Å². The molecule has 3 heterocycles. The number of para-hydroxylation sites is 1. The third-order valence-corrected chi connectivity index (χ3v) is 10.5. The van der Waals surface area contributed by atoms with Crippen LogP contribution in [0.4, 0.5) is 4.11 Å². The summed E-state index contributed by atoms with van der Waals surface area (Å²) in [7, 11) is -1.74. The minimum absolute atomic E-state index is 0.0372. The Morgan fingerprint density at radius 2 is 2.05 bits per heavy atom. The minimum Gasteiger partial charge on any atom is -0.490 e. The van der Waals surface area contributed by atoms with Gasteiger partial charge in [0, 0.05) is 37.1 Å². The van der Waals surface area contributed by atoms with Gasteiger partial charge in [0.25, 0.3) is 5.56 Å². The first-order valence-corrected chi connectivity index (χ1v) is 16.2. The Morgan fingerprint density at radius 1 is 1.29 bits per heavy atom. The molecule has 0 aliphatic carbocycles. The molecule has 2 N–H and O–H groups in total. The molecule has 5 rings (SSSR count). The van der Waals surface area contributed by atoms with Crippen molar-refractivity contribution >= 4 is 25.2 Å². The Labute approximate surface area is 222 Å². The van der Waals surface area contributed by atoms with Gasteiger partial charge >= 0.3 is 0 Å². The summed E-state index contributed by atoms with van der Waals surface area (Å²) in [5.74, 6) is 0.196. The molecule has 1 aromatic heterocycles. The summed E-state index contributed by atoms with van der Waals surface area (Å²) in [5.41, 5.74) is 1.43. The number of aliphatic hydroxyl groups excluding tert-OH is 1. The van der Waals surface area contributed by atoms with Gasteiger partial charge in [0.1, 0.15) is 11.9 Å². The zero-order valence-corrected chi connectivity index (χ0v) is 23.3. The van der Waals surface area contributed by atoms with Crippen LogP contribution in [-0.2, 0) is 9.53 Å². The molecule has 10 heteroatoms. The van der Waals surface area contributed by atoms with Gasteiger partial charge in [0.05, 0.1) is 35.3 Å². The van der Waals surface area contributed by atoms with Crippen LogP contribution in [0.5, 0.6) is 5.75 Å². The lowest BCUT2D eigenvalue weighted by molar-refractivity contribution is -0.133. The molecule has 38 heavy (non-hydrogen) atoms. The number of aromatic nitrogens is 2. The van der Waals surface area contributed by atoms with Crippen LogP contribution in [-0.4, -0.2) is 66.5 Å². The van der Waals surface area contributed by atoms with Crippen molar-refractivity contribution < 1.29 is 23.5 Å². The van der Waals surface area contributed by atoms with Gasteiger partial charge in [-0.1, -0.05) is 19.1 Å². The first kappa shape index (κ1) is 26.6. The van der Waals surface area contributed by atoms with Crippen molar-refractivity contribution in [2.45, 2.75) is 63.1 Å².